The second-order valence-corrected chi connectivity index (χ2v) is 9.81. The lowest BCUT2D eigenvalue weighted by Gasteiger charge is -2.38. The molecule has 29 heavy (non-hydrogen) atoms. The highest BCUT2D eigenvalue weighted by molar-refractivity contribution is 7.89. The molecule has 2 heterocycles. The first-order valence-electron chi connectivity index (χ1n) is 9.77. The number of hydrogen-bond acceptors (Lipinski definition) is 4. The van der Waals surface area contributed by atoms with Gasteiger partial charge in [-0.15, -0.1) is 0 Å². The molecule has 2 aromatic carbocycles. The van der Waals surface area contributed by atoms with E-state index in [1.165, 1.54) is 22.0 Å². The molecule has 1 fully saturated rings. The molecule has 0 aromatic heterocycles. The maximum atomic E-state index is 13.1. The van der Waals surface area contributed by atoms with Crippen molar-refractivity contribution in [3.63, 3.8) is 0 Å². The van der Waals surface area contributed by atoms with Crippen LogP contribution in [0.2, 0.25) is 5.02 Å². The smallest absolute Gasteiger partial charge is 0.244 e. The zero-order valence-electron chi connectivity index (χ0n) is 16.3. The van der Waals surface area contributed by atoms with Crippen molar-refractivity contribution in [3.8, 4) is 0 Å². The number of halogens is 1. The first-order valence-corrected chi connectivity index (χ1v) is 11.6. The SMILES string of the molecule is C[C@@H](C(=O)N1CCc2ccccc21)N1CCN(S(=O)(=O)c2ccc(Cl)cc2)CC1. The summed E-state index contributed by atoms with van der Waals surface area (Å²) in [6, 6.07) is 13.9. The summed E-state index contributed by atoms with van der Waals surface area (Å²) in [7, 11) is -3.55. The number of piperazine rings is 1. The zero-order valence-corrected chi connectivity index (χ0v) is 17.9. The number of benzene rings is 2. The number of carbonyl (C=O) groups excluding carboxylic acids is 1. The third kappa shape index (κ3) is 3.92. The van der Waals surface area contributed by atoms with E-state index in [4.69, 9.17) is 11.6 Å². The molecule has 2 aliphatic heterocycles. The molecule has 1 saturated heterocycles. The fourth-order valence-electron chi connectivity index (χ4n) is 4.04. The molecule has 0 spiro atoms. The van der Waals surface area contributed by atoms with E-state index < -0.39 is 10.0 Å². The highest BCUT2D eigenvalue weighted by Gasteiger charge is 2.35. The van der Waals surface area contributed by atoms with Crippen LogP contribution in [0.3, 0.4) is 0 Å². The van der Waals surface area contributed by atoms with Gasteiger partial charge in [0.1, 0.15) is 0 Å². The van der Waals surface area contributed by atoms with Gasteiger partial charge in [-0.05, 0) is 49.2 Å². The lowest BCUT2D eigenvalue weighted by Crippen LogP contribution is -2.55. The van der Waals surface area contributed by atoms with Crippen LogP contribution < -0.4 is 4.90 Å². The van der Waals surface area contributed by atoms with Gasteiger partial charge in [-0.1, -0.05) is 29.8 Å². The molecule has 2 aliphatic rings. The third-order valence-corrected chi connectivity index (χ3v) is 7.95. The van der Waals surface area contributed by atoms with E-state index in [0.29, 0.717) is 37.7 Å². The van der Waals surface area contributed by atoms with Gasteiger partial charge in [0.05, 0.1) is 10.9 Å². The molecule has 8 heteroatoms. The molecule has 0 bridgehead atoms. The van der Waals surface area contributed by atoms with Crippen molar-refractivity contribution in [3.05, 3.63) is 59.1 Å². The normalized spacial score (nSPS) is 19.2. The van der Waals surface area contributed by atoms with Gasteiger partial charge in [-0.2, -0.15) is 4.31 Å². The van der Waals surface area contributed by atoms with Crippen LogP contribution in [0.5, 0.6) is 0 Å². The van der Waals surface area contributed by atoms with Crippen LogP contribution in [0.4, 0.5) is 5.69 Å². The molecule has 1 amide bonds. The molecule has 0 saturated carbocycles. The lowest BCUT2D eigenvalue weighted by atomic mass is 10.1. The number of amides is 1. The van der Waals surface area contributed by atoms with Crippen molar-refractivity contribution < 1.29 is 13.2 Å². The minimum absolute atomic E-state index is 0.0731. The topological polar surface area (TPSA) is 60.9 Å². The summed E-state index contributed by atoms with van der Waals surface area (Å²) in [6.07, 6.45) is 0.877. The van der Waals surface area contributed by atoms with Gasteiger partial charge in [0.15, 0.2) is 0 Å². The molecule has 0 radical (unpaired) electrons. The Labute approximate surface area is 176 Å². The number of nitrogens with zero attached hydrogens (tertiary/aromatic N) is 3. The van der Waals surface area contributed by atoms with Crippen LogP contribution in [0, 0.1) is 0 Å². The average molecular weight is 434 g/mol. The average Bonchev–Trinajstić information content (AvgIpc) is 3.17. The molecule has 2 aromatic rings. The Morgan fingerprint density at radius 3 is 2.31 bits per heavy atom. The minimum atomic E-state index is -3.55. The van der Waals surface area contributed by atoms with Gasteiger partial charge in [0.2, 0.25) is 15.9 Å². The summed E-state index contributed by atoms with van der Waals surface area (Å²) in [6.45, 7) is 4.38. The van der Waals surface area contributed by atoms with Crippen LogP contribution in [-0.2, 0) is 21.2 Å². The third-order valence-electron chi connectivity index (χ3n) is 5.78. The fourth-order valence-corrected chi connectivity index (χ4v) is 5.58. The molecular weight excluding hydrogens is 410 g/mol. The van der Waals surface area contributed by atoms with E-state index >= 15 is 0 Å². The molecule has 0 N–H and O–H groups in total. The Morgan fingerprint density at radius 1 is 0.966 bits per heavy atom. The fraction of sp³-hybridized carbons (Fsp3) is 0.381. The quantitative estimate of drug-likeness (QED) is 0.743. The molecule has 0 unspecified atom stereocenters. The number of anilines is 1. The van der Waals surface area contributed by atoms with Gasteiger partial charge in [0, 0.05) is 43.4 Å². The van der Waals surface area contributed by atoms with Gasteiger partial charge in [0.25, 0.3) is 0 Å². The summed E-state index contributed by atoms with van der Waals surface area (Å²) in [5.41, 5.74) is 2.19. The minimum Gasteiger partial charge on any atom is -0.310 e. The monoisotopic (exact) mass is 433 g/mol. The summed E-state index contributed by atoms with van der Waals surface area (Å²) in [5, 5.41) is 0.504. The van der Waals surface area contributed by atoms with Gasteiger partial charge >= 0.3 is 0 Å². The van der Waals surface area contributed by atoms with E-state index in [-0.39, 0.29) is 16.8 Å². The molecule has 6 nitrogen and oxygen atoms in total. The predicted molar refractivity (Wildman–Crippen MR) is 114 cm³/mol. The van der Waals surface area contributed by atoms with Crippen molar-refractivity contribution in [2.24, 2.45) is 0 Å². The number of para-hydroxylation sites is 1. The van der Waals surface area contributed by atoms with E-state index in [0.717, 1.165) is 12.1 Å². The first kappa shape index (κ1) is 20.3. The predicted octanol–water partition coefficient (Wildman–Crippen LogP) is 2.62. The van der Waals surface area contributed by atoms with Crippen LogP contribution >= 0.6 is 11.6 Å². The van der Waals surface area contributed by atoms with Gasteiger partial charge < -0.3 is 4.90 Å². The second-order valence-electron chi connectivity index (χ2n) is 7.44. The summed E-state index contributed by atoms with van der Waals surface area (Å²) >= 11 is 5.87. The standard InChI is InChI=1S/C21H24ClN3O3S/c1-16(21(26)25-11-10-17-4-2-3-5-20(17)25)23-12-14-24(15-13-23)29(27,28)19-8-6-18(22)7-9-19/h2-9,16H,10-15H2,1H3/t16-/m0/s1. The van der Waals surface area contributed by atoms with E-state index in [9.17, 15) is 13.2 Å². The van der Waals surface area contributed by atoms with Gasteiger partial charge in [-0.3, -0.25) is 9.69 Å². The summed E-state index contributed by atoms with van der Waals surface area (Å²) < 4.78 is 27.2. The van der Waals surface area contributed by atoms with Crippen LogP contribution in [0.15, 0.2) is 53.4 Å². The Hall–Kier alpha value is -1.93. The van der Waals surface area contributed by atoms with Crippen molar-refractivity contribution in [1.29, 1.82) is 0 Å². The zero-order chi connectivity index (χ0) is 20.6. The Morgan fingerprint density at radius 2 is 1.62 bits per heavy atom. The maximum absolute atomic E-state index is 13.1. The van der Waals surface area contributed by atoms with Crippen molar-refractivity contribution in [1.82, 2.24) is 9.21 Å². The molecule has 4 rings (SSSR count). The Balaban J connectivity index is 1.40. The Kier molecular flexibility index (Phi) is 5.66. The molecule has 154 valence electrons. The number of hydrogen-bond donors (Lipinski definition) is 0. The number of sulfonamides is 1. The van der Waals surface area contributed by atoms with Gasteiger partial charge in [-0.25, -0.2) is 8.42 Å². The lowest BCUT2D eigenvalue weighted by molar-refractivity contribution is -0.123. The van der Waals surface area contributed by atoms with Crippen LogP contribution in [-0.4, -0.2) is 62.3 Å². The number of carbonyl (C=O) groups is 1. The largest absolute Gasteiger partial charge is 0.310 e. The highest BCUT2D eigenvalue weighted by Crippen LogP contribution is 2.29. The molecule has 1 atom stereocenters. The van der Waals surface area contributed by atoms with E-state index in [1.54, 1.807) is 12.1 Å². The second kappa shape index (κ2) is 8.07. The first-order chi connectivity index (χ1) is 13.9. The summed E-state index contributed by atoms with van der Waals surface area (Å²) in [5.74, 6) is 0.0731. The van der Waals surface area contributed by atoms with Crippen molar-refractivity contribution in [2.75, 3.05) is 37.6 Å². The highest BCUT2D eigenvalue weighted by atomic mass is 35.5. The van der Waals surface area contributed by atoms with E-state index in [1.807, 2.05) is 30.0 Å². The number of fused-ring (bicyclic) bond motifs is 1. The van der Waals surface area contributed by atoms with Crippen molar-refractivity contribution in [2.45, 2.75) is 24.3 Å². The van der Waals surface area contributed by atoms with Crippen LogP contribution in [0.25, 0.3) is 0 Å². The van der Waals surface area contributed by atoms with Crippen molar-refractivity contribution >= 4 is 33.2 Å². The van der Waals surface area contributed by atoms with E-state index in [2.05, 4.69) is 11.0 Å². The molecule has 0 aliphatic carbocycles. The van der Waals surface area contributed by atoms with Crippen LogP contribution in [0.1, 0.15) is 12.5 Å². The molecular formula is C21H24ClN3O3S. The maximum Gasteiger partial charge on any atom is 0.244 e. The Bertz CT molecular complexity index is 1000. The summed E-state index contributed by atoms with van der Waals surface area (Å²) in [4.78, 5) is 17.2. The number of rotatable bonds is 4.